The van der Waals surface area contributed by atoms with Gasteiger partial charge >= 0.3 is 18.0 Å². The van der Waals surface area contributed by atoms with E-state index in [0.29, 0.717) is 12.8 Å². The van der Waals surface area contributed by atoms with E-state index in [2.05, 4.69) is 0 Å². The molecule has 0 aromatic rings. The van der Waals surface area contributed by atoms with Crippen LogP contribution in [0.15, 0.2) is 71.4 Å². The van der Waals surface area contributed by atoms with E-state index in [0.717, 1.165) is 5.57 Å². The largest absolute Gasteiger partial charge is 0.481 e. The number of Topliss-reactive ketones (excluding diaryl/α,β-unsaturated/α-hetero) is 1. The van der Waals surface area contributed by atoms with E-state index in [4.69, 9.17) is 43.5 Å². The first-order valence-corrected chi connectivity index (χ1v) is 15.9. The van der Waals surface area contributed by atoms with Crippen molar-refractivity contribution in [3.63, 3.8) is 0 Å². The highest BCUT2D eigenvalue weighted by atomic mass is 35.5. The van der Waals surface area contributed by atoms with Crippen LogP contribution in [0.4, 0.5) is 4.79 Å². The number of hydrogen-bond acceptors (Lipinski definition) is 10. The highest BCUT2D eigenvalue weighted by Gasteiger charge is 2.36. The number of hydrogen-bond donors (Lipinski definition) is 6. The normalized spacial score (nSPS) is 23.5. The molecule has 9 unspecified atom stereocenters. The molecule has 7 N–H and O–H groups in total. The van der Waals surface area contributed by atoms with Crippen molar-refractivity contribution in [2.45, 2.75) is 94.9 Å². The van der Waals surface area contributed by atoms with Crippen LogP contribution >= 0.6 is 23.2 Å². The van der Waals surface area contributed by atoms with Crippen molar-refractivity contribution in [1.82, 2.24) is 0 Å². The molecule has 1 aliphatic rings. The van der Waals surface area contributed by atoms with Gasteiger partial charge < -0.3 is 40.7 Å². The number of carbonyl (C=O) groups is 4. The van der Waals surface area contributed by atoms with Gasteiger partial charge in [0.1, 0.15) is 23.7 Å². The van der Waals surface area contributed by atoms with E-state index < -0.39 is 84.1 Å². The van der Waals surface area contributed by atoms with Gasteiger partial charge in [-0.2, -0.15) is 0 Å². The summed E-state index contributed by atoms with van der Waals surface area (Å²) in [6, 6.07) is 0. The predicted octanol–water partition coefficient (Wildman–Crippen LogP) is 3.60. The molecule has 262 valence electrons. The van der Waals surface area contributed by atoms with Crippen LogP contribution in [0.25, 0.3) is 0 Å². The van der Waals surface area contributed by atoms with Gasteiger partial charge in [-0.1, -0.05) is 73.6 Å². The maximum atomic E-state index is 12.6. The fourth-order valence-electron chi connectivity index (χ4n) is 4.46. The van der Waals surface area contributed by atoms with E-state index in [-0.39, 0.29) is 17.9 Å². The number of alkyl halides is 1. The SMILES string of the molecule is CCC=CC(OC(N)=O)C(Cl)C(O)CC(=O)C(O)C(O)C(C)C(Cl)=CC=CC=C(C)C=CC=CC(=O)OC1CC(C(=O)O)CCC1O. The second kappa shape index (κ2) is 21.6. The lowest BCUT2D eigenvalue weighted by molar-refractivity contribution is -0.159. The van der Waals surface area contributed by atoms with Gasteiger partial charge in [0.2, 0.25) is 0 Å². The molecule has 0 spiro atoms. The number of allylic oxidation sites excluding steroid dienone is 9. The van der Waals surface area contributed by atoms with Gasteiger partial charge in [0.15, 0.2) is 5.78 Å². The third kappa shape index (κ3) is 15.5. The van der Waals surface area contributed by atoms with Crippen molar-refractivity contribution in [3.05, 3.63) is 71.4 Å². The lowest BCUT2D eigenvalue weighted by Gasteiger charge is -2.30. The van der Waals surface area contributed by atoms with E-state index in [9.17, 15) is 39.6 Å². The molecule has 1 amide bonds. The second-order valence-corrected chi connectivity index (χ2v) is 12.0. The number of esters is 1. The van der Waals surface area contributed by atoms with Gasteiger partial charge in [0.25, 0.3) is 0 Å². The number of carboxylic acid groups (broad SMARTS) is 1. The second-order valence-electron chi connectivity index (χ2n) is 11.1. The molecule has 0 radical (unpaired) electrons. The Morgan fingerprint density at radius 1 is 1.02 bits per heavy atom. The topological polar surface area (TPSA) is 214 Å². The van der Waals surface area contributed by atoms with E-state index in [1.807, 2.05) is 6.92 Å². The molecule has 0 bridgehead atoms. The van der Waals surface area contributed by atoms with E-state index in [1.165, 1.54) is 31.2 Å². The first-order valence-electron chi connectivity index (χ1n) is 15.1. The van der Waals surface area contributed by atoms with Crippen molar-refractivity contribution in [1.29, 1.82) is 0 Å². The summed E-state index contributed by atoms with van der Waals surface area (Å²) in [6.45, 7) is 5.12. The predicted molar refractivity (Wildman–Crippen MR) is 176 cm³/mol. The van der Waals surface area contributed by atoms with E-state index >= 15 is 0 Å². The summed E-state index contributed by atoms with van der Waals surface area (Å²) >= 11 is 12.5. The smallest absolute Gasteiger partial charge is 0.405 e. The first-order chi connectivity index (χ1) is 22.1. The van der Waals surface area contributed by atoms with Crippen LogP contribution in [-0.2, 0) is 23.9 Å². The van der Waals surface area contributed by atoms with Crippen LogP contribution in [0, 0.1) is 11.8 Å². The maximum Gasteiger partial charge on any atom is 0.405 e. The Kier molecular flexibility index (Phi) is 19.2. The van der Waals surface area contributed by atoms with Crippen molar-refractivity contribution in [2.24, 2.45) is 17.6 Å². The Labute approximate surface area is 284 Å². The molecule has 1 fully saturated rings. The van der Waals surface area contributed by atoms with Crippen molar-refractivity contribution >= 4 is 47.0 Å². The van der Waals surface area contributed by atoms with Crippen molar-refractivity contribution in [2.75, 3.05) is 0 Å². The van der Waals surface area contributed by atoms with Gasteiger partial charge in [-0.3, -0.25) is 9.59 Å². The molecule has 0 heterocycles. The molecule has 1 rings (SSSR count). The van der Waals surface area contributed by atoms with Gasteiger partial charge in [-0.15, -0.1) is 11.6 Å². The molecule has 12 nitrogen and oxygen atoms in total. The van der Waals surface area contributed by atoms with Crippen LogP contribution in [0.2, 0.25) is 0 Å². The molecule has 0 aliphatic heterocycles. The Morgan fingerprint density at radius 2 is 1.66 bits per heavy atom. The average molecular weight is 703 g/mol. The number of aliphatic hydroxyl groups excluding tert-OH is 4. The zero-order valence-electron chi connectivity index (χ0n) is 26.5. The van der Waals surface area contributed by atoms with E-state index in [1.54, 1.807) is 43.4 Å². The Balaban J connectivity index is 2.66. The minimum Gasteiger partial charge on any atom is -0.481 e. The zero-order valence-corrected chi connectivity index (χ0v) is 28.0. The number of rotatable bonds is 18. The van der Waals surface area contributed by atoms with Gasteiger partial charge in [-0.05, 0) is 38.3 Å². The Bertz CT molecular complexity index is 1240. The van der Waals surface area contributed by atoms with Gasteiger partial charge in [0, 0.05) is 29.9 Å². The highest BCUT2D eigenvalue weighted by Crippen LogP contribution is 2.27. The number of ketones is 1. The standard InChI is InChI=1S/C33H45Cl2NO11/c1-4-5-13-26(47-33(36)45)29(35)24(38)18-25(39)31(42)30(41)20(3)22(34)12-8-6-10-19(2)11-7-9-14-28(40)46-27-17-21(32(43)44)15-16-23(27)37/h5-14,20-21,23-24,26-27,29-31,37-38,41-42H,4,15-18H2,1-3H3,(H2,36,45)(H,43,44). The highest BCUT2D eigenvalue weighted by molar-refractivity contribution is 6.30. The van der Waals surface area contributed by atoms with Crippen LogP contribution in [0.1, 0.15) is 52.9 Å². The molecule has 0 aromatic carbocycles. The molecule has 47 heavy (non-hydrogen) atoms. The average Bonchev–Trinajstić information content (AvgIpc) is 3.02. The number of aliphatic carboxylic acids is 1. The molecule has 0 saturated heterocycles. The lowest BCUT2D eigenvalue weighted by Crippen LogP contribution is -2.43. The third-order valence-electron chi connectivity index (χ3n) is 7.31. The molecule has 1 aliphatic carbocycles. The maximum absolute atomic E-state index is 12.6. The summed E-state index contributed by atoms with van der Waals surface area (Å²) in [7, 11) is 0. The Morgan fingerprint density at radius 3 is 2.28 bits per heavy atom. The summed E-state index contributed by atoms with van der Waals surface area (Å²) in [5.41, 5.74) is 5.83. The summed E-state index contributed by atoms with van der Waals surface area (Å²) < 4.78 is 10.1. The van der Waals surface area contributed by atoms with Crippen LogP contribution in [0.3, 0.4) is 0 Å². The third-order valence-corrected chi connectivity index (χ3v) is 8.32. The monoisotopic (exact) mass is 701 g/mol. The molecule has 14 heteroatoms. The number of carboxylic acids is 1. The number of carbonyl (C=O) groups excluding carboxylic acids is 3. The van der Waals surface area contributed by atoms with Gasteiger partial charge in [0.05, 0.1) is 24.2 Å². The first kappa shape index (κ1) is 41.8. The number of nitrogens with two attached hydrogens (primary N) is 1. The quantitative estimate of drug-likeness (QED) is 0.0399. The minimum atomic E-state index is -1.89. The van der Waals surface area contributed by atoms with Gasteiger partial charge in [-0.25, -0.2) is 9.59 Å². The summed E-state index contributed by atoms with van der Waals surface area (Å²) in [5.74, 6) is -4.10. The molecule has 0 aromatic heterocycles. The van der Waals surface area contributed by atoms with Crippen LogP contribution in [0.5, 0.6) is 0 Å². The molecule has 9 atom stereocenters. The number of aliphatic hydroxyl groups is 4. The number of primary amides is 1. The molecule has 1 saturated carbocycles. The molecular formula is C33H45Cl2NO11. The summed E-state index contributed by atoms with van der Waals surface area (Å²) in [4.78, 5) is 47.0. The lowest BCUT2D eigenvalue weighted by atomic mass is 9.85. The fourth-order valence-corrected chi connectivity index (χ4v) is 4.88. The number of ether oxygens (including phenoxy) is 2. The van der Waals surface area contributed by atoms with Crippen LogP contribution in [-0.4, -0.2) is 91.3 Å². The van der Waals surface area contributed by atoms with Crippen molar-refractivity contribution in [3.8, 4) is 0 Å². The fraction of sp³-hybridized carbons (Fsp3) is 0.515. The number of halogens is 2. The van der Waals surface area contributed by atoms with Crippen molar-refractivity contribution < 1.29 is 54.2 Å². The summed E-state index contributed by atoms with van der Waals surface area (Å²) in [6.07, 6.45) is 6.95. The summed E-state index contributed by atoms with van der Waals surface area (Å²) in [5, 5.41) is 49.4. The molecular weight excluding hydrogens is 657 g/mol. The van der Waals surface area contributed by atoms with Crippen LogP contribution < -0.4 is 5.73 Å². The number of amides is 1. The zero-order chi connectivity index (χ0) is 35.7. The Hall–Kier alpha value is -3.26. The minimum absolute atomic E-state index is 0.0584.